The molecule has 1 aliphatic heterocycles. The minimum absolute atomic E-state index is 0.0415. The van der Waals surface area contributed by atoms with Crippen LogP contribution in [0.1, 0.15) is 31.2 Å². The van der Waals surface area contributed by atoms with Crippen LogP contribution in [-0.4, -0.2) is 42.5 Å². The third-order valence-electron chi connectivity index (χ3n) is 4.70. The van der Waals surface area contributed by atoms with Crippen molar-refractivity contribution in [1.82, 2.24) is 10.2 Å². The summed E-state index contributed by atoms with van der Waals surface area (Å²) in [6.45, 7) is 2.59. The molecule has 124 valence electrons. The molecule has 23 heavy (non-hydrogen) atoms. The maximum Gasteiger partial charge on any atom is 0.308 e. The first-order valence-electron chi connectivity index (χ1n) is 8.44. The summed E-state index contributed by atoms with van der Waals surface area (Å²) in [5, 5.41) is 3.15. The summed E-state index contributed by atoms with van der Waals surface area (Å²) in [5.74, 6) is 0.368. The summed E-state index contributed by atoms with van der Waals surface area (Å²) in [7, 11) is 0. The maximum absolute atomic E-state index is 12.5. The van der Waals surface area contributed by atoms with Gasteiger partial charge in [-0.1, -0.05) is 36.8 Å². The van der Waals surface area contributed by atoms with Gasteiger partial charge in [0, 0.05) is 19.6 Å². The van der Waals surface area contributed by atoms with E-state index >= 15 is 0 Å². The molecule has 0 radical (unpaired) electrons. The van der Waals surface area contributed by atoms with Gasteiger partial charge in [-0.25, -0.2) is 0 Å². The third kappa shape index (κ3) is 4.32. The Morgan fingerprint density at radius 1 is 1.26 bits per heavy atom. The molecule has 2 fully saturated rings. The monoisotopic (exact) mass is 316 g/mol. The fourth-order valence-corrected chi connectivity index (χ4v) is 3.08. The second-order valence-corrected chi connectivity index (χ2v) is 6.44. The number of esters is 1. The number of amides is 1. The van der Waals surface area contributed by atoms with Gasteiger partial charge in [0.25, 0.3) is 0 Å². The van der Waals surface area contributed by atoms with E-state index in [0.717, 1.165) is 25.2 Å². The summed E-state index contributed by atoms with van der Waals surface area (Å²) in [5.41, 5.74) is 0.954. The quantitative estimate of drug-likeness (QED) is 0.812. The topological polar surface area (TPSA) is 58.6 Å². The minimum Gasteiger partial charge on any atom is -0.461 e. The first kappa shape index (κ1) is 16.0. The first-order chi connectivity index (χ1) is 11.2. The van der Waals surface area contributed by atoms with Crippen molar-refractivity contribution in [2.45, 2.75) is 38.3 Å². The van der Waals surface area contributed by atoms with Gasteiger partial charge < -0.3 is 15.0 Å². The van der Waals surface area contributed by atoms with Crippen molar-refractivity contribution < 1.29 is 14.3 Å². The molecule has 1 atom stereocenters. The first-order valence-corrected chi connectivity index (χ1v) is 8.44. The molecule has 1 N–H and O–H groups in total. The van der Waals surface area contributed by atoms with E-state index in [2.05, 4.69) is 5.32 Å². The van der Waals surface area contributed by atoms with Crippen LogP contribution in [0.3, 0.4) is 0 Å². The van der Waals surface area contributed by atoms with Gasteiger partial charge in [-0.05, 0) is 24.3 Å². The molecule has 1 aromatic rings. The largest absolute Gasteiger partial charge is 0.461 e. The van der Waals surface area contributed by atoms with Crippen LogP contribution in [-0.2, 0) is 20.9 Å². The summed E-state index contributed by atoms with van der Waals surface area (Å²) in [6.07, 6.45) is 3.83. The summed E-state index contributed by atoms with van der Waals surface area (Å²) >= 11 is 0. The third-order valence-corrected chi connectivity index (χ3v) is 4.70. The Morgan fingerprint density at radius 2 is 2.04 bits per heavy atom. The van der Waals surface area contributed by atoms with Crippen molar-refractivity contribution in [2.24, 2.45) is 5.92 Å². The molecule has 1 heterocycles. The van der Waals surface area contributed by atoms with Crippen molar-refractivity contribution in [3.8, 4) is 0 Å². The van der Waals surface area contributed by atoms with Crippen LogP contribution >= 0.6 is 0 Å². The Bertz CT molecular complexity index is 542. The number of benzene rings is 1. The highest BCUT2D eigenvalue weighted by molar-refractivity contribution is 5.87. The van der Waals surface area contributed by atoms with E-state index in [1.807, 2.05) is 35.2 Å². The van der Waals surface area contributed by atoms with Gasteiger partial charge in [0.15, 0.2) is 0 Å². The predicted molar refractivity (Wildman–Crippen MR) is 86.6 cm³/mol. The number of piperazine rings is 1. The van der Waals surface area contributed by atoms with E-state index in [9.17, 15) is 9.59 Å². The Balaban J connectivity index is 1.46. The Labute approximate surface area is 137 Å². The molecule has 1 saturated heterocycles. The van der Waals surface area contributed by atoms with E-state index in [-0.39, 0.29) is 24.9 Å². The fourth-order valence-electron chi connectivity index (χ4n) is 3.08. The summed E-state index contributed by atoms with van der Waals surface area (Å²) < 4.78 is 5.28. The number of hydrogen-bond acceptors (Lipinski definition) is 4. The highest BCUT2D eigenvalue weighted by Gasteiger charge is 2.32. The molecule has 1 saturated carbocycles. The van der Waals surface area contributed by atoms with Crippen LogP contribution in [0.15, 0.2) is 30.3 Å². The van der Waals surface area contributed by atoms with Gasteiger partial charge in [-0.3, -0.25) is 9.59 Å². The lowest BCUT2D eigenvalue weighted by atomic mass is 9.85. The number of rotatable bonds is 6. The number of carbonyl (C=O) groups is 2. The average molecular weight is 316 g/mol. The molecular weight excluding hydrogens is 292 g/mol. The molecule has 1 amide bonds. The molecule has 5 heteroatoms. The van der Waals surface area contributed by atoms with Gasteiger partial charge in [0.2, 0.25) is 5.91 Å². The lowest BCUT2D eigenvalue weighted by molar-refractivity contribution is -0.149. The Kier molecular flexibility index (Phi) is 5.28. The van der Waals surface area contributed by atoms with Gasteiger partial charge >= 0.3 is 5.97 Å². The van der Waals surface area contributed by atoms with Crippen LogP contribution in [0.2, 0.25) is 0 Å². The molecule has 2 aliphatic rings. The lowest BCUT2D eigenvalue weighted by Gasteiger charge is -2.37. The summed E-state index contributed by atoms with van der Waals surface area (Å²) in [4.78, 5) is 26.4. The van der Waals surface area contributed by atoms with E-state index < -0.39 is 6.04 Å². The summed E-state index contributed by atoms with van der Waals surface area (Å²) in [6, 6.07) is 9.13. The maximum atomic E-state index is 12.5. The van der Waals surface area contributed by atoms with Gasteiger partial charge in [0.1, 0.15) is 6.61 Å². The van der Waals surface area contributed by atoms with E-state index in [0.29, 0.717) is 5.92 Å². The molecule has 3 rings (SSSR count). The normalized spacial score (nSPS) is 21.8. The van der Waals surface area contributed by atoms with Gasteiger partial charge in [-0.15, -0.1) is 0 Å². The number of nitrogens with zero attached hydrogens (tertiary/aromatic N) is 1. The van der Waals surface area contributed by atoms with E-state index in [4.69, 9.17) is 4.74 Å². The zero-order chi connectivity index (χ0) is 16.1. The molecule has 0 spiro atoms. The van der Waals surface area contributed by atoms with Crippen LogP contribution < -0.4 is 5.32 Å². The second-order valence-electron chi connectivity index (χ2n) is 6.44. The average Bonchev–Trinajstić information content (AvgIpc) is 2.53. The minimum atomic E-state index is -0.438. The molecule has 1 unspecified atom stereocenters. The van der Waals surface area contributed by atoms with Gasteiger partial charge in [-0.2, -0.15) is 0 Å². The van der Waals surface area contributed by atoms with E-state index in [1.54, 1.807) is 0 Å². The molecule has 0 aromatic heterocycles. The van der Waals surface area contributed by atoms with Crippen LogP contribution in [0.5, 0.6) is 0 Å². The molecule has 0 bridgehead atoms. The number of ether oxygens (including phenoxy) is 1. The standard InChI is InChI=1S/C18H24N2O3/c21-17(23-13-15-5-2-1-3-6-15)11-16-18(22)20(10-9-19-16)12-14-7-4-8-14/h1-3,5-6,14,16,19H,4,7-13H2. The van der Waals surface area contributed by atoms with Crippen LogP contribution in [0, 0.1) is 5.92 Å². The Hall–Kier alpha value is -1.88. The second kappa shape index (κ2) is 7.59. The molecule has 5 nitrogen and oxygen atoms in total. The molecular formula is C18H24N2O3. The SMILES string of the molecule is O=C(CC1NCCN(CC2CCC2)C1=O)OCc1ccccc1. The van der Waals surface area contributed by atoms with Crippen molar-refractivity contribution >= 4 is 11.9 Å². The number of carbonyl (C=O) groups excluding carboxylic acids is 2. The predicted octanol–water partition coefficient (Wildman–Crippen LogP) is 1.72. The zero-order valence-electron chi connectivity index (χ0n) is 13.4. The van der Waals surface area contributed by atoms with Gasteiger partial charge in [0.05, 0.1) is 12.5 Å². The number of hydrogen-bond donors (Lipinski definition) is 1. The van der Waals surface area contributed by atoms with Crippen molar-refractivity contribution in [1.29, 1.82) is 0 Å². The molecule has 1 aromatic carbocycles. The van der Waals surface area contributed by atoms with Crippen LogP contribution in [0.25, 0.3) is 0 Å². The lowest BCUT2D eigenvalue weighted by Crippen LogP contribution is -2.56. The van der Waals surface area contributed by atoms with E-state index in [1.165, 1.54) is 19.3 Å². The fraction of sp³-hybridized carbons (Fsp3) is 0.556. The van der Waals surface area contributed by atoms with Crippen molar-refractivity contribution in [3.05, 3.63) is 35.9 Å². The van der Waals surface area contributed by atoms with Crippen molar-refractivity contribution in [3.63, 3.8) is 0 Å². The zero-order valence-corrected chi connectivity index (χ0v) is 13.4. The highest BCUT2D eigenvalue weighted by atomic mass is 16.5. The Morgan fingerprint density at radius 3 is 2.74 bits per heavy atom. The van der Waals surface area contributed by atoms with Crippen molar-refractivity contribution in [2.75, 3.05) is 19.6 Å². The molecule has 1 aliphatic carbocycles. The number of nitrogens with one attached hydrogen (secondary N) is 1. The smallest absolute Gasteiger partial charge is 0.308 e. The van der Waals surface area contributed by atoms with Crippen LogP contribution in [0.4, 0.5) is 0 Å². The highest BCUT2D eigenvalue weighted by Crippen LogP contribution is 2.27.